The predicted octanol–water partition coefficient (Wildman–Crippen LogP) is 6.46. The summed E-state index contributed by atoms with van der Waals surface area (Å²) in [6.07, 6.45) is 0. The summed E-state index contributed by atoms with van der Waals surface area (Å²) in [5, 5.41) is 4.00. The van der Waals surface area contributed by atoms with Gasteiger partial charge in [0.2, 0.25) is 0 Å². The molecule has 0 radical (unpaired) electrons. The first kappa shape index (κ1) is 23.7. The average Bonchev–Trinajstić information content (AvgIpc) is 2.80. The van der Waals surface area contributed by atoms with E-state index in [1.54, 1.807) is 32.0 Å². The van der Waals surface area contributed by atoms with E-state index in [4.69, 9.17) is 21.1 Å². The fourth-order valence-electron chi connectivity index (χ4n) is 2.98. The maximum atomic E-state index is 12.8. The van der Waals surface area contributed by atoms with Crippen LogP contribution in [0.15, 0.2) is 76.5 Å². The van der Waals surface area contributed by atoms with Crippen molar-refractivity contribution in [3.8, 4) is 0 Å². The van der Waals surface area contributed by atoms with Crippen molar-refractivity contribution in [3.63, 3.8) is 0 Å². The molecule has 0 aliphatic heterocycles. The number of hydrogen-bond acceptors (Lipinski definition) is 6. The minimum Gasteiger partial charge on any atom is -0.462 e. The molecule has 0 unspecified atom stereocenters. The van der Waals surface area contributed by atoms with Crippen LogP contribution in [-0.4, -0.2) is 25.2 Å². The third-order valence-corrected chi connectivity index (χ3v) is 5.86. The van der Waals surface area contributed by atoms with E-state index in [2.05, 4.69) is 5.32 Å². The monoisotopic (exact) mass is 469 g/mol. The van der Waals surface area contributed by atoms with Crippen LogP contribution in [0.25, 0.3) is 0 Å². The Morgan fingerprint density at radius 1 is 0.906 bits per heavy atom. The highest BCUT2D eigenvalue weighted by Crippen LogP contribution is 2.38. The van der Waals surface area contributed by atoms with Gasteiger partial charge in [0, 0.05) is 21.4 Å². The molecule has 0 atom stereocenters. The van der Waals surface area contributed by atoms with Gasteiger partial charge < -0.3 is 14.8 Å². The highest BCUT2D eigenvalue weighted by Gasteiger charge is 2.22. The fraction of sp³-hybridized carbons (Fsp3) is 0.200. The van der Waals surface area contributed by atoms with Gasteiger partial charge in [-0.15, -0.1) is 0 Å². The lowest BCUT2D eigenvalue weighted by Crippen LogP contribution is -2.13. The first-order chi connectivity index (χ1) is 15.5. The molecule has 0 aliphatic rings. The Morgan fingerprint density at radius 3 is 2.22 bits per heavy atom. The Morgan fingerprint density at radius 2 is 1.56 bits per heavy atom. The standard InChI is InChI=1S/C25H24ClNO4S/c1-3-30-24(28)18-14-21(25(29)31-4-2)23(32-20-12-10-19(26)11-13-20)22(15-18)27-16-17-8-6-5-7-9-17/h5-15,27H,3-4,16H2,1-2H3. The molecule has 0 heterocycles. The lowest BCUT2D eigenvalue weighted by Gasteiger charge is -2.17. The SMILES string of the molecule is CCOC(=O)c1cc(NCc2ccccc2)c(Sc2ccc(Cl)cc2)c(C(=O)OCC)c1. The topological polar surface area (TPSA) is 64.6 Å². The van der Waals surface area contributed by atoms with Crippen molar-refractivity contribution < 1.29 is 19.1 Å². The number of benzene rings is 3. The van der Waals surface area contributed by atoms with Gasteiger partial charge in [-0.1, -0.05) is 53.7 Å². The van der Waals surface area contributed by atoms with Crippen molar-refractivity contribution >= 4 is 41.0 Å². The van der Waals surface area contributed by atoms with Crippen LogP contribution in [0, 0.1) is 0 Å². The summed E-state index contributed by atoms with van der Waals surface area (Å²) >= 11 is 7.42. The zero-order chi connectivity index (χ0) is 22.9. The summed E-state index contributed by atoms with van der Waals surface area (Å²) in [6, 6.07) is 20.4. The Balaban J connectivity index is 2.07. The third kappa shape index (κ3) is 6.28. The van der Waals surface area contributed by atoms with Gasteiger partial charge in [0.1, 0.15) is 0 Å². The van der Waals surface area contributed by atoms with Crippen molar-refractivity contribution in [3.05, 3.63) is 88.4 Å². The van der Waals surface area contributed by atoms with E-state index < -0.39 is 11.9 Å². The lowest BCUT2D eigenvalue weighted by molar-refractivity contribution is 0.0522. The van der Waals surface area contributed by atoms with Crippen LogP contribution in [-0.2, 0) is 16.0 Å². The fourth-order valence-corrected chi connectivity index (χ4v) is 4.10. The van der Waals surface area contributed by atoms with Gasteiger partial charge in [-0.3, -0.25) is 0 Å². The molecule has 0 bridgehead atoms. The molecule has 32 heavy (non-hydrogen) atoms. The number of nitrogens with one attached hydrogen (secondary N) is 1. The molecular weight excluding hydrogens is 446 g/mol. The summed E-state index contributed by atoms with van der Waals surface area (Å²) in [6.45, 7) is 4.46. The number of rotatable bonds is 9. The molecule has 3 aromatic carbocycles. The maximum Gasteiger partial charge on any atom is 0.339 e. The average molecular weight is 470 g/mol. The van der Waals surface area contributed by atoms with Crippen LogP contribution < -0.4 is 5.32 Å². The van der Waals surface area contributed by atoms with Crippen LogP contribution >= 0.6 is 23.4 Å². The predicted molar refractivity (Wildman–Crippen MR) is 128 cm³/mol. The van der Waals surface area contributed by atoms with Crippen LogP contribution in [0.2, 0.25) is 5.02 Å². The molecule has 0 saturated carbocycles. The molecule has 0 aliphatic carbocycles. The van der Waals surface area contributed by atoms with Crippen molar-refractivity contribution in [2.75, 3.05) is 18.5 Å². The summed E-state index contributed by atoms with van der Waals surface area (Å²) in [5.41, 5.74) is 2.29. The molecule has 166 valence electrons. The second-order valence-electron chi connectivity index (χ2n) is 6.74. The zero-order valence-electron chi connectivity index (χ0n) is 17.9. The molecule has 0 aromatic heterocycles. The third-order valence-electron chi connectivity index (χ3n) is 4.45. The van der Waals surface area contributed by atoms with Gasteiger partial charge in [0.15, 0.2) is 0 Å². The second-order valence-corrected chi connectivity index (χ2v) is 8.26. The number of carbonyl (C=O) groups excluding carboxylic acids is 2. The highest BCUT2D eigenvalue weighted by atomic mass is 35.5. The number of anilines is 1. The number of ether oxygens (including phenoxy) is 2. The number of hydrogen-bond donors (Lipinski definition) is 1. The highest BCUT2D eigenvalue weighted by molar-refractivity contribution is 7.99. The smallest absolute Gasteiger partial charge is 0.339 e. The first-order valence-corrected chi connectivity index (χ1v) is 11.4. The van der Waals surface area contributed by atoms with Crippen molar-refractivity contribution in [1.29, 1.82) is 0 Å². The molecule has 3 rings (SSSR count). The molecule has 0 saturated heterocycles. The van der Waals surface area contributed by atoms with Crippen LogP contribution in [0.5, 0.6) is 0 Å². The second kappa shape index (κ2) is 11.6. The van der Waals surface area contributed by atoms with E-state index in [0.29, 0.717) is 27.7 Å². The molecular formula is C25H24ClNO4S. The van der Waals surface area contributed by atoms with Gasteiger partial charge in [-0.25, -0.2) is 9.59 Å². The minimum atomic E-state index is -0.502. The Kier molecular flexibility index (Phi) is 8.59. The molecule has 1 N–H and O–H groups in total. The summed E-state index contributed by atoms with van der Waals surface area (Å²) in [5.74, 6) is -0.998. The van der Waals surface area contributed by atoms with E-state index in [1.165, 1.54) is 17.8 Å². The van der Waals surface area contributed by atoms with Crippen LogP contribution in [0.1, 0.15) is 40.1 Å². The normalized spacial score (nSPS) is 10.5. The molecule has 3 aromatic rings. The van der Waals surface area contributed by atoms with E-state index in [-0.39, 0.29) is 18.8 Å². The van der Waals surface area contributed by atoms with Crippen molar-refractivity contribution in [1.82, 2.24) is 0 Å². The molecule has 5 nitrogen and oxygen atoms in total. The van der Waals surface area contributed by atoms with Gasteiger partial charge in [0.05, 0.1) is 30.0 Å². The Hall–Kier alpha value is -2.96. The first-order valence-electron chi connectivity index (χ1n) is 10.2. The van der Waals surface area contributed by atoms with Gasteiger partial charge >= 0.3 is 11.9 Å². The number of esters is 2. The van der Waals surface area contributed by atoms with Gasteiger partial charge in [-0.2, -0.15) is 0 Å². The summed E-state index contributed by atoms with van der Waals surface area (Å²) in [4.78, 5) is 26.9. The largest absolute Gasteiger partial charge is 0.462 e. The zero-order valence-corrected chi connectivity index (χ0v) is 19.5. The molecule has 0 spiro atoms. The van der Waals surface area contributed by atoms with Gasteiger partial charge in [-0.05, 0) is 55.8 Å². The van der Waals surface area contributed by atoms with E-state index in [1.807, 2.05) is 42.5 Å². The molecule has 0 amide bonds. The molecule has 0 fully saturated rings. The quantitative estimate of drug-likeness (QED) is 0.363. The maximum absolute atomic E-state index is 12.8. The Labute approximate surface area is 197 Å². The van der Waals surface area contributed by atoms with Crippen LogP contribution in [0.4, 0.5) is 5.69 Å². The van der Waals surface area contributed by atoms with Crippen LogP contribution in [0.3, 0.4) is 0 Å². The Bertz CT molecular complexity index is 1070. The van der Waals surface area contributed by atoms with E-state index >= 15 is 0 Å². The van der Waals surface area contributed by atoms with Crippen molar-refractivity contribution in [2.45, 2.75) is 30.2 Å². The summed E-state index contributed by atoms with van der Waals surface area (Å²) in [7, 11) is 0. The molecule has 7 heteroatoms. The number of halogens is 1. The number of carbonyl (C=O) groups is 2. The van der Waals surface area contributed by atoms with Crippen molar-refractivity contribution in [2.24, 2.45) is 0 Å². The van der Waals surface area contributed by atoms with E-state index in [9.17, 15) is 9.59 Å². The van der Waals surface area contributed by atoms with Gasteiger partial charge in [0.25, 0.3) is 0 Å². The summed E-state index contributed by atoms with van der Waals surface area (Å²) < 4.78 is 10.5. The minimum absolute atomic E-state index is 0.223. The van der Waals surface area contributed by atoms with E-state index in [0.717, 1.165) is 10.5 Å². The lowest BCUT2D eigenvalue weighted by atomic mass is 10.1.